The second-order valence-corrected chi connectivity index (χ2v) is 3.27. The van der Waals surface area contributed by atoms with Crippen LogP contribution in [0.4, 0.5) is 0 Å². The Morgan fingerprint density at radius 1 is 1.25 bits per heavy atom. The first-order chi connectivity index (χ1) is 5.02. The summed E-state index contributed by atoms with van der Waals surface area (Å²) in [5.41, 5.74) is 0. The summed E-state index contributed by atoms with van der Waals surface area (Å²) in [6.45, 7) is 0. The van der Waals surface area contributed by atoms with E-state index in [1.54, 1.807) is 0 Å². The minimum Gasteiger partial charge on any atom is -0.744 e. The molecule has 1 rings (SSSR count). The van der Waals surface area contributed by atoms with Gasteiger partial charge in [0.2, 0.25) is 0 Å². The Morgan fingerprint density at radius 2 is 1.75 bits per heavy atom. The van der Waals surface area contributed by atoms with Gasteiger partial charge in [-0.15, -0.1) is 0 Å². The van der Waals surface area contributed by atoms with E-state index in [0.717, 1.165) is 12.1 Å². The smallest absolute Gasteiger partial charge is 0.744 e. The van der Waals surface area contributed by atoms with Crippen molar-refractivity contribution in [2.75, 3.05) is 0 Å². The minimum absolute atomic E-state index is 0. The van der Waals surface area contributed by atoms with Gasteiger partial charge in [0.05, 0.1) is 4.90 Å². The van der Waals surface area contributed by atoms with E-state index >= 15 is 0 Å². The van der Waals surface area contributed by atoms with Gasteiger partial charge >= 0.3 is 17.4 Å². The van der Waals surface area contributed by atoms with Crippen LogP contribution < -0.4 is 0 Å². The summed E-state index contributed by atoms with van der Waals surface area (Å²) in [6.07, 6.45) is 0. The van der Waals surface area contributed by atoms with Crippen molar-refractivity contribution < 1.29 is 18.1 Å². The fourth-order valence-electron chi connectivity index (χ4n) is 0.669. The van der Waals surface area contributed by atoms with Gasteiger partial charge in [0.25, 0.3) is 0 Å². The molecule has 0 heterocycles. The fraction of sp³-hybridized carbons (Fsp3) is 0. The summed E-state index contributed by atoms with van der Waals surface area (Å²) >= 11 is 0. The number of hydrogen-bond acceptors (Lipinski definition) is 4. The van der Waals surface area contributed by atoms with Crippen molar-refractivity contribution in [2.24, 2.45) is 0 Å². The number of benzene rings is 1. The maximum Gasteiger partial charge on any atom is 3.00 e. The van der Waals surface area contributed by atoms with Crippen molar-refractivity contribution in [3.8, 4) is 5.75 Å². The Hall–Kier alpha value is -0.538. The maximum absolute atomic E-state index is 10.3. The third-order valence-electron chi connectivity index (χ3n) is 1.13. The predicted molar refractivity (Wildman–Crippen MR) is 41.8 cm³/mol. The number of phenolic OH excluding ortho intramolecular Hbond substituents is 1. The van der Waals surface area contributed by atoms with E-state index in [0.29, 0.717) is 0 Å². The molecule has 12 heavy (non-hydrogen) atoms. The molecule has 0 atom stereocenters. The first kappa shape index (κ1) is 11.5. The third kappa shape index (κ3) is 2.50. The SMILES string of the molecule is O=S(=O)([O-])c1ccccc1O.[Al+3]. The summed E-state index contributed by atoms with van der Waals surface area (Å²) in [5, 5.41) is 8.87. The molecule has 0 fully saturated rings. The van der Waals surface area contributed by atoms with E-state index in [1.807, 2.05) is 0 Å². The van der Waals surface area contributed by atoms with Crippen molar-refractivity contribution in [2.45, 2.75) is 4.90 Å². The summed E-state index contributed by atoms with van der Waals surface area (Å²) in [4.78, 5) is -0.583. The molecule has 0 aromatic heterocycles. The fourth-order valence-corrected chi connectivity index (χ4v) is 1.24. The standard InChI is InChI=1S/C6H6O4S.Al/c7-5-3-1-2-4-6(5)11(8,9)10;/h1-4,7H,(H,8,9,10);/q;+3/p-1. The van der Waals surface area contributed by atoms with Crippen molar-refractivity contribution in [3.63, 3.8) is 0 Å². The van der Waals surface area contributed by atoms with Crippen LogP contribution >= 0.6 is 0 Å². The number of hydrogen-bond donors (Lipinski definition) is 1. The summed E-state index contributed by atoms with van der Waals surface area (Å²) < 4.78 is 31.0. The van der Waals surface area contributed by atoms with E-state index in [9.17, 15) is 13.0 Å². The summed E-state index contributed by atoms with van der Waals surface area (Å²) in [5.74, 6) is -0.512. The molecule has 6 heteroatoms. The molecule has 1 aromatic rings. The molecule has 1 aromatic carbocycles. The van der Waals surface area contributed by atoms with Crippen LogP contribution in [0.1, 0.15) is 0 Å². The predicted octanol–water partition coefficient (Wildman–Crippen LogP) is -0.0845. The van der Waals surface area contributed by atoms with Gasteiger partial charge in [-0.1, -0.05) is 12.1 Å². The van der Waals surface area contributed by atoms with Gasteiger partial charge < -0.3 is 9.66 Å². The quantitative estimate of drug-likeness (QED) is 0.508. The number of phenols is 1. The molecule has 1 N–H and O–H groups in total. The molecule has 0 radical (unpaired) electrons. The average Bonchev–Trinajstić information content (AvgIpc) is 1.86. The first-order valence-electron chi connectivity index (χ1n) is 2.76. The molecular formula is C6H5AlO4S+2. The number of aromatic hydroxyl groups is 1. The van der Waals surface area contributed by atoms with Crippen LogP contribution in [0.3, 0.4) is 0 Å². The summed E-state index contributed by atoms with van der Waals surface area (Å²) in [7, 11) is -4.53. The van der Waals surface area contributed by atoms with E-state index < -0.39 is 20.8 Å². The molecule has 60 valence electrons. The molecule has 0 aliphatic rings. The van der Waals surface area contributed by atoms with Crippen LogP contribution in [0.15, 0.2) is 29.2 Å². The average molecular weight is 200 g/mol. The molecule has 0 saturated carbocycles. The van der Waals surface area contributed by atoms with Gasteiger partial charge in [0, 0.05) is 0 Å². The molecule has 0 saturated heterocycles. The molecule has 4 nitrogen and oxygen atoms in total. The van der Waals surface area contributed by atoms with Crippen LogP contribution in [0.2, 0.25) is 0 Å². The maximum atomic E-state index is 10.3. The molecular weight excluding hydrogens is 195 g/mol. The Bertz CT molecular complexity index is 360. The van der Waals surface area contributed by atoms with Crippen LogP contribution in [0.5, 0.6) is 5.75 Å². The second-order valence-electron chi connectivity index (χ2n) is 1.92. The first-order valence-corrected chi connectivity index (χ1v) is 4.16. The van der Waals surface area contributed by atoms with Crippen molar-refractivity contribution in [1.29, 1.82) is 0 Å². The van der Waals surface area contributed by atoms with Crippen molar-refractivity contribution in [3.05, 3.63) is 24.3 Å². The van der Waals surface area contributed by atoms with E-state index in [-0.39, 0.29) is 17.4 Å². The van der Waals surface area contributed by atoms with Gasteiger partial charge in [0.15, 0.2) is 0 Å². The monoisotopic (exact) mass is 200 g/mol. The Labute approximate surface area is 80.7 Å². The third-order valence-corrected chi connectivity index (χ3v) is 2.02. The molecule has 0 unspecified atom stereocenters. The van der Waals surface area contributed by atoms with Crippen LogP contribution in [-0.2, 0) is 10.1 Å². The van der Waals surface area contributed by atoms with Gasteiger partial charge in [-0.05, 0) is 12.1 Å². The molecule has 0 aliphatic carbocycles. The zero-order chi connectivity index (χ0) is 8.48. The molecule has 0 spiro atoms. The number of rotatable bonds is 1. The van der Waals surface area contributed by atoms with Gasteiger partial charge in [-0.2, -0.15) is 0 Å². The second kappa shape index (κ2) is 3.92. The Balaban J connectivity index is 0.00000121. The van der Waals surface area contributed by atoms with E-state index in [4.69, 9.17) is 5.11 Å². The molecule has 0 aliphatic heterocycles. The van der Waals surface area contributed by atoms with Crippen molar-refractivity contribution in [1.82, 2.24) is 0 Å². The van der Waals surface area contributed by atoms with Gasteiger partial charge in [0.1, 0.15) is 15.9 Å². The molecule has 0 bridgehead atoms. The zero-order valence-corrected chi connectivity index (χ0v) is 7.94. The van der Waals surface area contributed by atoms with Gasteiger partial charge in [-0.3, -0.25) is 0 Å². The van der Waals surface area contributed by atoms with E-state index in [2.05, 4.69) is 0 Å². The Kier molecular flexibility index (Phi) is 3.74. The van der Waals surface area contributed by atoms with Crippen LogP contribution in [0.25, 0.3) is 0 Å². The topological polar surface area (TPSA) is 77.4 Å². The van der Waals surface area contributed by atoms with E-state index in [1.165, 1.54) is 12.1 Å². The Morgan fingerprint density at radius 3 is 2.08 bits per heavy atom. The van der Waals surface area contributed by atoms with Crippen LogP contribution in [-0.4, -0.2) is 35.4 Å². The largest absolute Gasteiger partial charge is 3.00 e. The van der Waals surface area contributed by atoms with Gasteiger partial charge in [-0.25, -0.2) is 8.42 Å². The normalized spacial score (nSPS) is 10.4. The zero-order valence-electron chi connectivity index (χ0n) is 5.97. The number of para-hydroxylation sites is 1. The molecule has 0 amide bonds. The summed E-state index contributed by atoms with van der Waals surface area (Å²) in [6, 6.07) is 5.00. The van der Waals surface area contributed by atoms with Crippen LogP contribution in [0, 0.1) is 0 Å². The minimum atomic E-state index is -4.53. The van der Waals surface area contributed by atoms with Crippen molar-refractivity contribution >= 4 is 27.5 Å².